The van der Waals surface area contributed by atoms with Crippen LogP contribution in [0.4, 0.5) is 0 Å². The zero-order valence-corrected chi connectivity index (χ0v) is 16.5. The summed E-state index contributed by atoms with van der Waals surface area (Å²) in [5.41, 5.74) is 6.16. The van der Waals surface area contributed by atoms with Crippen molar-refractivity contribution in [2.75, 3.05) is 0 Å². The molecule has 1 aromatic carbocycles. The normalized spacial score (nSPS) is 11.6. The van der Waals surface area contributed by atoms with Crippen LogP contribution >= 0.6 is 0 Å². The van der Waals surface area contributed by atoms with Crippen molar-refractivity contribution in [3.05, 3.63) is 34.4 Å². The van der Waals surface area contributed by atoms with Gasteiger partial charge in [-0.1, -0.05) is 67.5 Å². The molecule has 0 N–H and O–H groups in total. The first-order valence-electron chi connectivity index (χ1n) is 7.43. The fourth-order valence-electron chi connectivity index (χ4n) is 2.67. The van der Waals surface area contributed by atoms with Gasteiger partial charge in [0.1, 0.15) is 0 Å². The minimum absolute atomic E-state index is 0. The Balaban J connectivity index is 0. The van der Waals surface area contributed by atoms with E-state index in [0.29, 0.717) is 23.7 Å². The second-order valence-corrected chi connectivity index (χ2v) is 6.73. The molecular formula is C18H31Na. The Kier molecular flexibility index (Phi) is 7.95. The fourth-order valence-corrected chi connectivity index (χ4v) is 2.67. The van der Waals surface area contributed by atoms with E-state index in [2.05, 4.69) is 67.5 Å². The molecule has 1 aromatic rings. The maximum atomic E-state index is 2.47. The van der Waals surface area contributed by atoms with Gasteiger partial charge in [-0.2, -0.15) is 0 Å². The summed E-state index contributed by atoms with van der Waals surface area (Å²) in [6, 6.07) is 4.94. The van der Waals surface area contributed by atoms with Gasteiger partial charge in [0.05, 0.1) is 0 Å². The van der Waals surface area contributed by atoms with E-state index in [0.717, 1.165) is 0 Å². The second-order valence-electron chi connectivity index (χ2n) is 6.73. The van der Waals surface area contributed by atoms with Gasteiger partial charge in [-0.05, 0) is 45.9 Å². The van der Waals surface area contributed by atoms with Gasteiger partial charge in [-0.25, -0.2) is 0 Å². The second kappa shape index (κ2) is 7.86. The Hall–Kier alpha value is 0.220. The van der Waals surface area contributed by atoms with E-state index in [1.807, 2.05) is 0 Å². The molecule has 1 heteroatoms. The van der Waals surface area contributed by atoms with Crippen LogP contribution in [0.5, 0.6) is 0 Å². The van der Waals surface area contributed by atoms with Gasteiger partial charge in [0.2, 0.25) is 0 Å². The van der Waals surface area contributed by atoms with Gasteiger partial charge in [-0.15, -0.1) is 0 Å². The molecule has 0 amide bonds. The van der Waals surface area contributed by atoms with E-state index in [1.54, 1.807) is 0 Å². The molecule has 0 heterocycles. The van der Waals surface area contributed by atoms with Crippen LogP contribution in [-0.2, 0) is 0 Å². The van der Waals surface area contributed by atoms with E-state index in [1.165, 1.54) is 22.3 Å². The summed E-state index contributed by atoms with van der Waals surface area (Å²) < 4.78 is 0. The van der Waals surface area contributed by atoms with Gasteiger partial charge < -0.3 is 1.43 Å². The summed E-state index contributed by atoms with van der Waals surface area (Å²) in [5, 5.41) is 0. The smallest absolute Gasteiger partial charge is 1.00 e. The molecule has 0 radical (unpaired) electrons. The van der Waals surface area contributed by atoms with Crippen molar-refractivity contribution < 1.29 is 31.0 Å². The molecule has 104 valence electrons. The number of hydrogen-bond acceptors (Lipinski definition) is 0. The molecule has 0 nitrogen and oxygen atoms in total. The molecule has 0 spiro atoms. The predicted molar refractivity (Wildman–Crippen MR) is 83.9 cm³/mol. The number of hydrogen-bond donors (Lipinski definition) is 0. The van der Waals surface area contributed by atoms with E-state index in [9.17, 15) is 0 Å². The van der Waals surface area contributed by atoms with Crippen LogP contribution in [0.2, 0.25) is 0 Å². The molecule has 0 aliphatic heterocycles. The summed E-state index contributed by atoms with van der Waals surface area (Å²) in [7, 11) is 0. The topological polar surface area (TPSA) is 0 Å². The fraction of sp³-hybridized carbons (Fsp3) is 0.667. The van der Waals surface area contributed by atoms with Gasteiger partial charge in [-0.3, -0.25) is 0 Å². The minimum atomic E-state index is 0. The molecule has 0 aliphatic carbocycles. The molecule has 0 aliphatic rings. The van der Waals surface area contributed by atoms with Crippen LogP contribution in [0.1, 0.15) is 103 Å². The van der Waals surface area contributed by atoms with E-state index in [-0.39, 0.29) is 31.0 Å². The minimum Gasteiger partial charge on any atom is -1.00 e. The Morgan fingerprint density at radius 2 is 0.684 bits per heavy atom. The summed E-state index contributed by atoms with van der Waals surface area (Å²) in [6.07, 6.45) is 0. The maximum absolute atomic E-state index is 2.47. The number of benzene rings is 1. The predicted octanol–water partition coefficient (Wildman–Crippen LogP) is 3.30. The van der Waals surface area contributed by atoms with Crippen molar-refractivity contribution in [2.45, 2.75) is 79.1 Å². The van der Waals surface area contributed by atoms with Crippen molar-refractivity contribution in [2.24, 2.45) is 0 Å². The van der Waals surface area contributed by atoms with Gasteiger partial charge in [0.25, 0.3) is 0 Å². The van der Waals surface area contributed by atoms with Crippen LogP contribution < -0.4 is 29.6 Å². The molecule has 1 rings (SSSR count). The van der Waals surface area contributed by atoms with Crippen LogP contribution in [-0.4, -0.2) is 0 Å². The third-order valence-corrected chi connectivity index (χ3v) is 3.78. The Labute approximate surface area is 144 Å². The molecule has 0 aromatic heterocycles. The van der Waals surface area contributed by atoms with Crippen LogP contribution in [0.15, 0.2) is 12.1 Å². The van der Waals surface area contributed by atoms with Crippen LogP contribution in [0, 0.1) is 0 Å². The first-order chi connectivity index (χ1) is 8.25. The maximum Gasteiger partial charge on any atom is 1.00 e. The zero-order valence-electron chi connectivity index (χ0n) is 15.5. The summed E-state index contributed by atoms with van der Waals surface area (Å²) in [4.78, 5) is 0. The van der Waals surface area contributed by atoms with Crippen LogP contribution in [0.25, 0.3) is 0 Å². The molecule has 0 saturated heterocycles. The third kappa shape index (κ3) is 4.62. The van der Waals surface area contributed by atoms with Gasteiger partial charge in [0, 0.05) is 0 Å². The molecule has 0 saturated carbocycles. The molecule has 0 fully saturated rings. The van der Waals surface area contributed by atoms with E-state index in [4.69, 9.17) is 0 Å². The number of rotatable bonds is 4. The van der Waals surface area contributed by atoms with Crippen molar-refractivity contribution in [1.82, 2.24) is 0 Å². The SMILES string of the molecule is CC(C)c1cc(C(C)C)c(C(C)C)cc1C(C)C.[H-].[Na+]. The third-order valence-electron chi connectivity index (χ3n) is 3.78. The van der Waals surface area contributed by atoms with Gasteiger partial charge >= 0.3 is 29.6 Å². The molecule has 0 atom stereocenters. The first kappa shape index (κ1) is 19.2. The van der Waals surface area contributed by atoms with E-state index < -0.39 is 0 Å². The standard InChI is InChI=1S/C18H30.Na.H/c1-11(2)15-9-17(13(5)6)18(14(7)8)10-16(15)12(3)4;;/h9-14H,1-8H3;;/q;+1;-1. The zero-order chi connectivity index (χ0) is 14.0. The molecule has 0 bridgehead atoms. The average molecular weight is 270 g/mol. The van der Waals surface area contributed by atoms with E-state index >= 15 is 0 Å². The molecule has 19 heavy (non-hydrogen) atoms. The van der Waals surface area contributed by atoms with Gasteiger partial charge in [0.15, 0.2) is 0 Å². The van der Waals surface area contributed by atoms with Crippen molar-refractivity contribution in [3.63, 3.8) is 0 Å². The quantitative estimate of drug-likeness (QED) is 0.737. The van der Waals surface area contributed by atoms with Crippen LogP contribution in [0.3, 0.4) is 0 Å². The average Bonchev–Trinajstić information content (AvgIpc) is 2.26. The Morgan fingerprint density at radius 3 is 0.789 bits per heavy atom. The first-order valence-corrected chi connectivity index (χ1v) is 7.43. The van der Waals surface area contributed by atoms with Crippen molar-refractivity contribution in [3.8, 4) is 0 Å². The van der Waals surface area contributed by atoms with Crippen molar-refractivity contribution in [1.29, 1.82) is 0 Å². The Bertz CT molecular complexity index is 332. The largest absolute Gasteiger partial charge is 1.00 e. The molecular weight excluding hydrogens is 239 g/mol. The Morgan fingerprint density at radius 1 is 0.526 bits per heavy atom. The molecule has 0 unspecified atom stereocenters. The van der Waals surface area contributed by atoms with Crippen molar-refractivity contribution >= 4 is 0 Å². The summed E-state index contributed by atoms with van der Waals surface area (Å²) >= 11 is 0. The summed E-state index contributed by atoms with van der Waals surface area (Å²) in [6.45, 7) is 18.4. The summed E-state index contributed by atoms with van der Waals surface area (Å²) in [5.74, 6) is 2.45. The monoisotopic (exact) mass is 270 g/mol.